The fourth-order valence-electron chi connectivity index (χ4n) is 1.41. The van der Waals surface area contributed by atoms with Crippen molar-refractivity contribution in [2.75, 3.05) is 0 Å². The van der Waals surface area contributed by atoms with Crippen molar-refractivity contribution in [3.05, 3.63) is 18.2 Å². The molecule has 0 fully saturated rings. The average molecular weight is 403 g/mol. The molecule has 0 N–H and O–H groups in total. The maximum atomic E-state index is 5.44. The van der Waals surface area contributed by atoms with Crippen LogP contribution in [0.15, 0.2) is 28.0 Å². The molecular weight excluding hydrogens is 379 g/mol. The van der Waals surface area contributed by atoms with Gasteiger partial charge in [0.15, 0.2) is 0 Å². The molecule has 1 aromatic carbocycles. The van der Waals surface area contributed by atoms with Crippen molar-refractivity contribution in [1.29, 1.82) is 0 Å². The molecule has 4 heteroatoms. The van der Waals surface area contributed by atoms with Crippen molar-refractivity contribution < 1.29 is 0 Å². The van der Waals surface area contributed by atoms with Gasteiger partial charge in [-0.1, -0.05) is 57.3 Å². The van der Waals surface area contributed by atoms with Gasteiger partial charge in [0.2, 0.25) is 0 Å². The zero-order valence-electron chi connectivity index (χ0n) is 12.5. The van der Waals surface area contributed by atoms with Crippen LogP contribution in [0.25, 0.3) is 0 Å². The maximum absolute atomic E-state index is 5.44. The van der Waals surface area contributed by atoms with Crippen molar-refractivity contribution >= 4 is 59.7 Å². The molecule has 0 bridgehead atoms. The van der Waals surface area contributed by atoms with Gasteiger partial charge in [0, 0.05) is 0 Å². The zero-order chi connectivity index (χ0) is 14.6. The number of hydrogen-bond donors (Lipinski definition) is 0. The Morgan fingerprint density at radius 1 is 1.06 bits per heavy atom. The SMILES string of the molecule is CC(C)(C)[Si](C)(C)c1cccc([S-])c1[S-].[CH3][Sn+2][CH3]. The van der Waals surface area contributed by atoms with Crippen molar-refractivity contribution in [2.45, 2.75) is 58.6 Å². The molecule has 0 aliphatic rings. The minimum atomic E-state index is -1.53. The van der Waals surface area contributed by atoms with Crippen LogP contribution in [0.5, 0.6) is 0 Å². The number of benzene rings is 1. The molecule has 18 heavy (non-hydrogen) atoms. The van der Waals surface area contributed by atoms with Crippen LogP contribution in [0.4, 0.5) is 0 Å². The Bertz CT molecular complexity index is 384. The summed E-state index contributed by atoms with van der Waals surface area (Å²) in [6.45, 7) is 11.6. The molecular formula is C14H24S2SiSn. The van der Waals surface area contributed by atoms with Crippen molar-refractivity contribution in [3.63, 3.8) is 0 Å². The molecule has 0 aromatic heterocycles. The summed E-state index contributed by atoms with van der Waals surface area (Å²) >= 11 is 10.9. The molecule has 100 valence electrons. The van der Waals surface area contributed by atoms with Gasteiger partial charge >= 0.3 is 31.0 Å². The first-order chi connectivity index (χ1) is 8.09. The van der Waals surface area contributed by atoms with E-state index in [9.17, 15) is 0 Å². The predicted molar refractivity (Wildman–Crippen MR) is 92.0 cm³/mol. The number of hydrogen-bond acceptors (Lipinski definition) is 2. The fraction of sp³-hybridized carbons (Fsp3) is 0.571. The van der Waals surface area contributed by atoms with Crippen LogP contribution in [-0.2, 0) is 25.3 Å². The van der Waals surface area contributed by atoms with E-state index < -0.39 is 8.07 Å². The van der Waals surface area contributed by atoms with Crippen LogP contribution in [0.1, 0.15) is 20.8 Å². The van der Waals surface area contributed by atoms with Crippen LogP contribution in [-0.4, -0.2) is 29.2 Å². The molecule has 0 saturated carbocycles. The van der Waals surface area contributed by atoms with E-state index in [1.165, 1.54) is 5.19 Å². The standard InChI is InChI=1S/C12H20S2Si.2CH3.Sn/c1-12(2,3)15(4,5)10-8-6-7-9(13)11(10)14;;;/h6-8,13-14H,1-5H3;2*1H3;/q;;;+2/p-2. The van der Waals surface area contributed by atoms with E-state index in [2.05, 4.69) is 49.8 Å². The molecule has 0 aliphatic heterocycles. The van der Waals surface area contributed by atoms with Crippen LogP contribution >= 0.6 is 0 Å². The van der Waals surface area contributed by atoms with E-state index in [0.29, 0.717) is 5.04 Å². The van der Waals surface area contributed by atoms with Gasteiger partial charge in [0.05, 0.1) is 8.07 Å². The van der Waals surface area contributed by atoms with Crippen molar-refractivity contribution in [1.82, 2.24) is 0 Å². The van der Waals surface area contributed by atoms with E-state index in [1.807, 2.05) is 12.1 Å². The van der Waals surface area contributed by atoms with E-state index >= 15 is 0 Å². The third kappa shape index (κ3) is 4.65. The molecule has 1 aromatic rings. The molecule has 0 heterocycles. The summed E-state index contributed by atoms with van der Waals surface area (Å²) in [5, 5.41) is 1.64. The van der Waals surface area contributed by atoms with Crippen LogP contribution < -0.4 is 5.19 Å². The van der Waals surface area contributed by atoms with Crippen LogP contribution in [0.2, 0.25) is 28.0 Å². The summed E-state index contributed by atoms with van der Waals surface area (Å²) in [7, 11) is -1.53. The molecule has 0 radical (unpaired) electrons. The monoisotopic (exact) mass is 404 g/mol. The summed E-state index contributed by atoms with van der Waals surface area (Å²) in [5.41, 5.74) is 0. The van der Waals surface area contributed by atoms with E-state index in [1.54, 1.807) is 0 Å². The normalized spacial score (nSPS) is 11.3. The van der Waals surface area contributed by atoms with Gasteiger partial charge in [-0.05, 0) is 5.04 Å². The van der Waals surface area contributed by atoms with Crippen LogP contribution in [0.3, 0.4) is 0 Å². The predicted octanol–water partition coefficient (Wildman–Crippen LogP) is 4.00. The van der Waals surface area contributed by atoms with Gasteiger partial charge in [0.25, 0.3) is 0 Å². The van der Waals surface area contributed by atoms with Crippen molar-refractivity contribution in [3.8, 4) is 0 Å². The Hall–Kier alpha value is 0.676. The summed E-state index contributed by atoms with van der Waals surface area (Å²) < 4.78 is 0. The first kappa shape index (κ1) is 18.7. The van der Waals surface area contributed by atoms with Gasteiger partial charge in [-0.2, -0.15) is 9.79 Å². The Morgan fingerprint density at radius 2 is 1.50 bits per heavy atom. The summed E-state index contributed by atoms with van der Waals surface area (Å²) in [5.74, 6) is 0. The average Bonchev–Trinajstić information content (AvgIpc) is 2.21. The molecule has 0 atom stereocenters. The van der Waals surface area contributed by atoms with E-state index in [0.717, 1.165) is 9.79 Å². The van der Waals surface area contributed by atoms with E-state index in [-0.39, 0.29) is 21.1 Å². The third-order valence-corrected chi connectivity index (χ3v) is 10.1. The summed E-state index contributed by atoms with van der Waals surface area (Å²) in [4.78, 5) is 6.32. The molecule has 0 aliphatic carbocycles. The van der Waals surface area contributed by atoms with E-state index in [4.69, 9.17) is 25.3 Å². The molecule has 1 rings (SSSR count). The van der Waals surface area contributed by atoms with Gasteiger partial charge in [-0.25, -0.2) is 0 Å². The Kier molecular flexibility index (Phi) is 7.74. The Labute approximate surface area is 135 Å². The van der Waals surface area contributed by atoms with Gasteiger partial charge in [0.1, 0.15) is 0 Å². The quantitative estimate of drug-likeness (QED) is 0.514. The third-order valence-electron chi connectivity index (χ3n) is 3.53. The van der Waals surface area contributed by atoms with Crippen LogP contribution in [0, 0.1) is 0 Å². The second-order valence-corrected chi connectivity index (χ2v) is 15.0. The topological polar surface area (TPSA) is 0 Å². The first-order valence-electron chi connectivity index (χ1n) is 6.15. The second kappa shape index (κ2) is 7.46. The van der Waals surface area contributed by atoms with Gasteiger partial charge in [-0.3, -0.25) is 0 Å². The zero-order valence-corrected chi connectivity index (χ0v) is 18.0. The molecule has 0 saturated heterocycles. The minimum absolute atomic E-state index is 0.230. The Morgan fingerprint density at radius 3 is 1.89 bits per heavy atom. The molecule has 0 spiro atoms. The fourth-order valence-corrected chi connectivity index (χ4v) is 4.62. The van der Waals surface area contributed by atoms with Gasteiger partial charge < -0.3 is 25.3 Å². The molecule has 0 nitrogen and oxygen atoms in total. The second-order valence-electron chi connectivity index (χ2n) is 6.01. The first-order valence-corrected chi connectivity index (χ1v) is 15.7. The molecule has 0 amide bonds. The molecule has 0 unspecified atom stereocenters. The number of rotatable bonds is 1. The van der Waals surface area contributed by atoms with Gasteiger partial charge in [-0.15, -0.1) is 0 Å². The summed E-state index contributed by atoms with van der Waals surface area (Å²) in [6.07, 6.45) is 0. The van der Waals surface area contributed by atoms with Crippen molar-refractivity contribution in [2.24, 2.45) is 0 Å². The Balaban J connectivity index is 0.000000873. The summed E-state index contributed by atoms with van der Waals surface area (Å²) in [6, 6.07) is 6.12.